The van der Waals surface area contributed by atoms with E-state index in [4.69, 9.17) is 9.47 Å². The number of esters is 2. The van der Waals surface area contributed by atoms with Gasteiger partial charge in [-0.15, -0.1) is 0 Å². The lowest BCUT2D eigenvalue weighted by Crippen LogP contribution is -2.42. The van der Waals surface area contributed by atoms with Gasteiger partial charge in [-0.25, -0.2) is 8.42 Å². The minimum Gasteiger partial charge on any atom is -0.469 e. The Morgan fingerprint density at radius 3 is 2.38 bits per heavy atom. The monoisotopic (exact) mass is 426 g/mol. The van der Waals surface area contributed by atoms with Crippen molar-refractivity contribution >= 4 is 27.9 Å². The lowest BCUT2D eigenvalue weighted by atomic mass is 9.97. The summed E-state index contributed by atoms with van der Waals surface area (Å²) >= 11 is 0. The molecule has 2 rings (SSSR count). The average molecular weight is 426 g/mol. The second-order valence-electron chi connectivity index (χ2n) is 6.91. The fourth-order valence-corrected chi connectivity index (χ4v) is 3.99. The SMILES string of the molecule is COC(=O)C1CCN(C(=O)COC(=O)CNS(=O)(=O)c2ccc(C)c(C)c2)CC1. The van der Waals surface area contributed by atoms with Gasteiger partial charge in [-0.3, -0.25) is 14.4 Å². The molecular formula is C19H26N2O7S. The van der Waals surface area contributed by atoms with Crippen LogP contribution in [0.5, 0.6) is 0 Å². The number of aryl methyl sites for hydroxylation is 2. The second kappa shape index (κ2) is 9.84. The maximum atomic E-state index is 12.3. The Balaban J connectivity index is 1.77. The number of rotatable bonds is 7. The smallest absolute Gasteiger partial charge is 0.321 e. The highest BCUT2D eigenvalue weighted by atomic mass is 32.2. The summed E-state index contributed by atoms with van der Waals surface area (Å²) in [5, 5.41) is 0. The van der Waals surface area contributed by atoms with Crippen molar-refractivity contribution in [2.24, 2.45) is 5.92 Å². The maximum Gasteiger partial charge on any atom is 0.321 e. The summed E-state index contributed by atoms with van der Waals surface area (Å²) in [6.45, 7) is 3.35. The number of nitrogens with zero attached hydrogens (tertiary/aromatic N) is 1. The Morgan fingerprint density at radius 1 is 1.14 bits per heavy atom. The van der Waals surface area contributed by atoms with Gasteiger partial charge in [0.2, 0.25) is 10.0 Å². The normalized spacial score (nSPS) is 15.1. The maximum absolute atomic E-state index is 12.3. The zero-order chi connectivity index (χ0) is 21.6. The summed E-state index contributed by atoms with van der Waals surface area (Å²) in [5.41, 5.74) is 1.77. The highest BCUT2D eigenvalue weighted by Crippen LogP contribution is 2.18. The number of benzene rings is 1. The van der Waals surface area contributed by atoms with Crippen LogP contribution in [0.4, 0.5) is 0 Å². The van der Waals surface area contributed by atoms with Crippen molar-refractivity contribution in [2.45, 2.75) is 31.6 Å². The van der Waals surface area contributed by atoms with Crippen LogP contribution in [0.25, 0.3) is 0 Å². The highest BCUT2D eigenvalue weighted by molar-refractivity contribution is 7.89. The molecule has 1 aromatic rings. The van der Waals surface area contributed by atoms with Crippen LogP contribution in [-0.2, 0) is 33.9 Å². The van der Waals surface area contributed by atoms with E-state index in [9.17, 15) is 22.8 Å². The number of carbonyl (C=O) groups excluding carboxylic acids is 3. The molecule has 1 saturated heterocycles. The molecular weight excluding hydrogens is 400 g/mol. The number of hydrogen-bond donors (Lipinski definition) is 1. The first kappa shape index (κ1) is 22.8. The van der Waals surface area contributed by atoms with Gasteiger partial charge < -0.3 is 14.4 Å². The second-order valence-corrected chi connectivity index (χ2v) is 8.68. The van der Waals surface area contributed by atoms with Crippen molar-refractivity contribution in [2.75, 3.05) is 33.4 Å². The van der Waals surface area contributed by atoms with Gasteiger partial charge in [0.25, 0.3) is 5.91 Å². The van der Waals surface area contributed by atoms with E-state index in [2.05, 4.69) is 4.72 Å². The zero-order valence-electron chi connectivity index (χ0n) is 16.8. The summed E-state index contributed by atoms with van der Waals surface area (Å²) in [7, 11) is -2.53. The van der Waals surface area contributed by atoms with Crippen molar-refractivity contribution in [1.82, 2.24) is 9.62 Å². The molecule has 1 fully saturated rings. The van der Waals surface area contributed by atoms with Crippen LogP contribution >= 0.6 is 0 Å². The van der Waals surface area contributed by atoms with Crippen LogP contribution < -0.4 is 4.72 Å². The van der Waals surface area contributed by atoms with E-state index in [-0.39, 0.29) is 16.8 Å². The van der Waals surface area contributed by atoms with E-state index in [0.717, 1.165) is 11.1 Å². The molecule has 0 unspecified atom stereocenters. The van der Waals surface area contributed by atoms with Gasteiger partial charge in [0.1, 0.15) is 6.54 Å². The van der Waals surface area contributed by atoms with E-state index in [0.29, 0.717) is 25.9 Å². The summed E-state index contributed by atoms with van der Waals surface area (Å²) < 4.78 is 36.3. The fraction of sp³-hybridized carbons (Fsp3) is 0.526. The molecule has 0 saturated carbocycles. The van der Waals surface area contributed by atoms with Crippen LogP contribution in [-0.4, -0.2) is 64.5 Å². The minimum atomic E-state index is -3.86. The summed E-state index contributed by atoms with van der Waals surface area (Å²) in [6.07, 6.45) is 0.976. The molecule has 0 atom stereocenters. The summed E-state index contributed by atoms with van der Waals surface area (Å²) in [5.74, 6) is -1.76. The number of sulfonamides is 1. The number of carbonyl (C=O) groups is 3. The molecule has 0 bridgehead atoms. The molecule has 1 aromatic carbocycles. The van der Waals surface area contributed by atoms with Crippen molar-refractivity contribution in [3.63, 3.8) is 0 Å². The first-order valence-electron chi connectivity index (χ1n) is 9.22. The first-order chi connectivity index (χ1) is 13.6. The molecule has 29 heavy (non-hydrogen) atoms. The Labute approximate surface area is 170 Å². The molecule has 1 amide bonds. The summed E-state index contributed by atoms with van der Waals surface area (Å²) in [6, 6.07) is 4.66. The predicted octanol–water partition coefficient (Wildman–Crippen LogP) is 0.537. The Hall–Kier alpha value is -2.46. The number of piperidine rings is 1. The van der Waals surface area contributed by atoms with E-state index >= 15 is 0 Å². The first-order valence-corrected chi connectivity index (χ1v) is 10.7. The molecule has 0 aliphatic carbocycles. The van der Waals surface area contributed by atoms with Gasteiger partial charge >= 0.3 is 11.9 Å². The van der Waals surface area contributed by atoms with Crippen molar-refractivity contribution in [1.29, 1.82) is 0 Å². The topological polar surface area (TPSA) is 119 Å². The summed E-state index contributed by atoms with van der Waals surface area (Å²) in [4.78, 5) is 37.0. The van der Waals surface area contributed by atoms with Gasteiger partial charge in [-0.2, -0.15) is 4.72 Å². The number of ether oxygens (including phenoxy) is 2. The van der Waals surface area contributed by atoms with Crippen molar-refractivity contribution in [3.05, 3.63) is 29.3 Å². The number of nitrogens with one attached hydrogen (secondary N) is 1. The third-order valence-electron chi connectivity index (χ3n) is 4.93. The Kier molecular flexibility index (Phi) is 7.74. The highest BCUT2D eigenvalue weighted by Gasteiger charge is 2.28. The van der Waals surface area contributed by atoms with E-state index in [1.807, 2.05) is 6.92 Å². The van der Waals surface area contributed by atoms with Gasteiger partial charge in [-0.05, 0) is 49.9 Å². The van der Waals surface area contributed by atoms with Crippen LogP contribution in [0.1, 0.15) is 24.0 Å². The Bertz CT molecular complexity index is 875. The number of hydrogen-bond acceptors (Lipinski definition) is 7. The number of amides is 1. The molecule has 1 N–H and O–H groups in total. The van der Waals surface area contributed by atoms with Gasteiger partial charge in [-0.1, -0.05) is 6.07 Å². The molecule has 10 heteroatoms. The number of methoxy groups -OCH3 is 1. The van der Waals surface area contributed by atoms with Gasteiger partial charge in [0, 0.05) is 13.1 Å². The van der Waals surface area contributed by atoms with Crippen LogP contribution in [0, 0.1) is 19.8 Å². The fourth-order valence-electron chi connectivity index (χ4n) is 2.93. The molecule has 0 spiro atoms. The van der Waals surface area contributed by atoms with E-state index < -0.39 is 35.1 Å². The predicted molar refractivity (Wildman–Crippen MR) is 103 cm³/mol. The molecule has 1 aliphatic rings. The standard InChI is InChI=1S/C19H26N2O7S/c1-13-4-5-16(10-14(13)2)29(25,26)20-11-18(23)28-12-17(22)21-8-6-15(7-9-21)19(24)27-3/h4-5,10,15,20H,6-9,11-12H2,1-3H3. The minimum absolute atomic E-state index is 0.0537. The van der Waals surface area contributed by atoms with Crippen molar-refractivity contribution < 1.29 is 32.3 Å². The third kappa shape index (κ3) is 6.26. The number of likely N-dealkylation sites (tertiary alicyclic amines) is 1. The lowest BCUT2D eigenvalue weighted by Gasteiger charge is -2.30. The molecule has 1 aliphatic heterocycles. The third-order valence-corrected chi connectivity index (χ3v) is 6.33. The largest absolute Gasteiger partial charge is 0.469 e. The quantitative estimate of drug-likeness (QED) is 0.632. The van der Waals surface area contributed by atoms with Crippen LogP contribution in [0.2, 0.25) is 0 Å². The molecule has 0 radical (unpaired) electrons. The molecule has 0 aromatic heterocycles. The molecule has 160 valence electrons. The van der Waals surface area contributed by atoms with Crippen LogP contribution in [0.15, 0.2) is 23.1 Å². The Morgan fingerprint density at radius 2 is 1.79 bits per heavy atom. The average Bonchev–Trinajstić information content (AvgIpc) is 2.71. The lowest BCUT2D eigenvalue weighted by molar-refractivity contribution is -0.153. The zero-order valence-corrected chi connectivity index (χ0v) is 17.6. The molecule has 1 heterocycles. The van der Waals surface area contributed by atoms with Crippen LogP contribution in [0.3, 0.4) is 0 Å². The van der Waals surface area contributed by atoms with Gasteiger partial charge in [0.15, 0.2) is 6.61 Å². The van der Waals surface area contributed by atoms with E-state index in [1.54, 1.807) is 13.0 Å². The van der Waals surface area contributed by atoms with Crippen molar-refractivity contribution in [3.8, 4) is 0 Å². The molecule has 9 nitrogen and oxygen atoms in total. The van der Waals surface area contributed by atoms with E-state index in [1.165, 1.54) is 24.1 Å². The van der Waals surface area contributed by atoms with Gasteiger partial charge in [0.05, 0.1) is 17.9 Å².